The van der Waals surface area contributed by atoms with E-state index in [1.54, 1.807) is 0 Å². The van der Waals surface area contributed by atoms with E-state index >= 15 is 0 Å². The summed E-state index contributed by atoms with van der Waals surface area (Å²) in [6.45, 7) is 1.40. The van der Waals surface area contributed by atoms with Gasteiger partial charge in [0.2, 0.25) is 0 Å². The van der Waals surface area contributed by atoms with Crippen molar-refractivity contribution in [1.82, 2.24) is 5.01 Å². The number of carbonyl (C=O) groups excluding carboxylic acids is 2. The molecule has 1 amide bonds. The van der Waals surface area contributed by atoms with E-state index in [9.17, 15) is 13.8 Å². The summed E-state index contributed by atoms with van der Waals surface area (Å²) in [7, 11) is 0.0746. The first-order valence-corrected chi connectivity index (χ1v) is 7.79. The third-order valence-corrected chi connectivity index (χ3v) is 4.47. The Morgan fingerprint density at radius 2 is 1.90 bits per heavy atom. The molecule has 1 aromatic rings. The molecule has 6 heteroatoms. The molecule has 0 N–H and O–H groups in total. The molecule has 0 fully saturated rings. The third-order valence-electron chi connectivity index (χ3n) is 3.28. The van der Waals surface area contributed by atoms with Crippen LogP contribution in [0.5, 0.6) is 0 Å². The molecule has 0 saturated heterocycles. The first-order valence-electron chi connectivity index (χ1n) is 6.17. The minimum atomic E-state index is -1.44. The summed E-state index contributed by atoms with van der Waals surface area (Å²) < 4.78 is 11.9. The monoisotopic (exact) mass is 292 g/mol. The maximum Gasteiger partial charge on any atom is 0.259 e. The minimum absolute atomic E-state index is 0.200. The number of nitrogens with zero attached hydrogens (tertiary/aromatic N) is 2. The van der Waals surface area contributed by atoms with E-state index in [-0.39, 0.29) is 11.7 Å². The highest BCUT2D eigenvalue weighted by Gasteiger charge is 2.43. The maximum atomic E-state index is 12.1. The molecule has 20 heavy (non-hydrogen) atoms. The zero-order chi connectivity index (χ0) is 14.9. The normalized spacial score (nSPS) is 24.2. The number of benzene rings is 1. The lowest BCUT2D eigenvalue weighted by Crippen LogP contribution is -2.51. The van der Waals surface area contributed by atoms with Crippen LogP contribution < -0.4 is 0 Å². The van der Waals surface area contributed by atoms with Gasteiger partial charge in [-0.1, -0.05) is 30.3 Å². The molecule has 1 aliphatic rings. The van der Waals surface area contributed by atoms with Crippen LogP contribution in [0.15, 0.2) is 35.4 Å². The number of hydrazone groups is 1. The Morgan fingerprint density at radius 3 is 2.40 bits per heavy atom. The summed E-state index contributed by atoms with van der Waals surface area (Å²) in [5, 5.41) is 4.52. The lowest BCUT2D eigenvalue weighted by atomic mass is 9.88. The summed E-state index contributed by atoms with van der Waals surface area (Å²) >= 11 is 0. The van der Waals surface area contributed by atoms with Crippen LogP contribution in [0.25, 0.3) is 0 Å². The van der Waals surface area contributed by atoms with Gasteiger partial charge in [0.15, 0.2) is 0 Å². The summed E-state index contributed by atoms with van der Waals surface area (Å²) in [4.78, 5) is 24.1. The quantitative estimate of drug-likeness (QED) is 0.828. The third kappa shape index (κ3) is 2.56. The minimum Gasteiger partial charge on any atom is -0.299 e. The van der Waals surface area contributed by atoms with Gasteiger partial charge in [0.05, 0.1) is 11.6 Å². The number of hydrogen-bond donors (Lipinski definition) is 0. The highest BCUT2D eigenvalue weighted by atomic mass is 32.2. The average molecular weight is 292 g/mol. The molecule has 0 saturated carbocycles. The molecule has 0 bridgehead atoms. The van der Waals surface area contributed by atoms with Crippen molar-refractivity contribution < 1.29 is 13.8 Å². The van der Waals surface area contributed by atoms with Crippen LogP contribution in [0.4, 0.5) is 0 Å². The van der Waals surface area contributed by atoms with E-state index in [1.165, 1.54) is 25.2 Å². The van der Waals surface area contributed by atoms with Gasteiger partial charge in [-0.05, 0) is 12.5 Å². The zero-order valence-corrected chi connectivity index (χ0v) is 12.4. The predicted molar refractivity (Wildman–Crippen MR) is 77.8 cm³/mol. The van der Waals surface area contributed by atoms with Crippen molar-refractivity contribution in [2.24, 2.45) is 11.0 Å². The van der Waals surface area contributed by atoms with Crippen LogP contribution in [-0.2, 0) is 20.4 Å². The van der Waals surface area contributed by atoms with Crippen molar-refractivity contribution in [2.45, 2.75) is 12.2 Å². The Kier molecular flexibility index (Phi) is 4.13. The van der Waals surface area contributed by atoms with E-state index in [1.807, 2.05) is 30.3 Å². The topological polar surface area (TPSA) is 66.8 Å². The average Bonchev–Trinajstić information content (AvgIpc) is 2.41. The second kappa shape index (κ2) is 5.66. The lowest BCUT2D eigenvalue weighted by molar-refractivity contribution is -0.133. The van der Waals surface area contributed by atoms with Crippen molar-refractivity contribution >= 4 is 28.2 Å². The Morgan fingerprint density at radius 1 is 1.30 bits per heavy atom. The number of carbonyl (C=O) groups is 2. The highest BCUT2D eigenvalue weighted by molar-refractivity contribution is 7.85. The van der Waals surface area contributed by atoms with E-state index < -0.39 is 22.0 Å². The van der Waals surface area contributed by atoms with Crippen molar-refractivity contribution in [3.8, 4) is 0 Å². The van der Waals surface area contributed by atoms with E-state index in [2.05, 4.69) is 5.10 Å². The molecular weight excluding hydrogens is 276 g/mol. The second-order valence-electron chi connectivity index (χ2n) is 4.72. The first kappa shape index (κ1) is 14.6. The van der Waals surface area contributed by atoms with Gasteiger partial charge in [0, 0.05) is 24.1 Å². The van der Waals surface area contributed by atoms with Crippen LogP contribution >= 0.6 is 0 Å². The van der Waals surface area contributed by atoms with E-state index in [0.29, 0.717) is 5.71 Å². The Balaban J connectivity index is 2.58. The Hall–Kier alpha value is -1.82. The molecule has 2 rings (SSSR count). The predicted octanol–water partition coefficient (Wildman–Crippen LogP) is 0.815. The summed E-state index contributed by atoms with van der Waals surface area (Å²) in [6, 6.07) is 9.19. The fourth-order valence-corrected chi connectivity index (χ4v) is 3.47. The molecule has 0 radical (unpaired) electrons. The summed E-state index contributed by atoms with van der Waals surface area (Å²) in [5.41, 5.74) is 1.27. The molecule has 3 unspecified atom stereocenters. The second-order valence-corrected chi connectivity index (χ2v) is 6.23. The number of rotatable bonds is 3. The van der Waals surface area contributed by atoms with Gasteiger partial charge in [-0.3, -0.25) is 13.8 Å². The van der Waals surface area contributed by atoms with E-state index in [4.69, 9.17) is 0 Å². The van der Waals surface area contributed by atoms with Crippen molar-refractivity contribution in [3.63, 3.8) is 0 Å². The number of ketones is 1. The SMILES string of the molecule is CC(=O)C1C(c2ccccc2)=NN(C)C(=O)C1S(C)=O. The molecular formula is C14H16N2O3S. The molecule has 5 nitrogen and oxygen atoms in total. The largest absolute Gasteiger partial charge is 0.299 e. The fraction of sp³-hybridized carbons (Fsp3) is 0.357. The maximum absolute atomic E-state index is 12.1. The molecule has 3 atom stereocenters. The van der Waals surface area contributed by atoms with Crippen molar-refractivity contribution in [3.05, 3.63) is 35.9 Å². The highest BCUT2D eigenvalue weighted by Crippen LogP contribution is 2.25. The van der Waals surface area contributed by atoms with Crippen LogP contribution in [0.2, 0.25) is 0 Å². The van der Waals surface area contributed by atoms with Crippen molar-refractivity contribution in [1.29, 1.82) is 0 Å². The van der Waals surface area contributed by atoms with Crippen LogP contribution in [0.3, 0.4) is 0 Å². The van der Waals surface area contributed by atoms with Gasteiger partial charge in [-0.25, -0.2) is 5.01 Å². The van der Waals surface area contributed by atoms with E-state index in [0.717, 1.165) is 5.56 Å². The zero-order valence-electron chi connectivity index (χ0n) is 11.6. The number of Topliss-reactive ketones (excluding diaryl/α,β-unsaturated/α-hetero) is 1. The molecule has 106 valence electrons. The molecule has 1 aromatic carbocycles. The number of amides is 1. The van der Waals surface area contributed by atoms with Gasteiger partial charge >= 0.3 is 0 Å². The molecule has 0 aliphatic carbocycles. The van der Waals surface area contributed by atoms with Gasteiger partial charge in [-0.2, -0.15) is 5.10 Å². The van der Waals surface area contributed by atoms with Gasteiger partial charge in [0.25, 0.3) is 5.91 Å². The van der Waals surface area contributed by atoms with Crippen LogP contribution in [0.1, 0.15) is 12.5 Å². The lowest BCUT2D eigenvalue weighted by Gasteiger charge is -2.31. The Bertz CT molecular complexity index is 598. The van der Waals surface area contributed by atoms with Gasteiger partial charge in [0.1, 0.15) is 11.0 Å². The molecule has 1 heterocycles. The molecule has 1 aliphatic heterocycles. The molecule has 0 spiro atoms. The fourth-order valence-electron chi connectivity index (χ4n) is 2.33. The van der Waals surface area contributed by atoms with Crippen LogP contribution in [0, 0.1) is 5.92 Å². The summed E-state index contributed by atoms with van der Waals surface area (Å²) in [6.07, 6.45) is 1.44. The van der Waals surface area contributed by atoms with Crippen molar-refractivity contribution in [2.75, 3.05) is 13.3 Å². The van der Waals surface area contributed by atoms with Gasteiger partial charge < -0.3 is 0 Å². The van der Waals surface area contributed by atoms with Gasteiger partial charge in [-0.15, -0.1) is 0 Å². The standard InChI is InChI=1S/C14H16N2O3S/c1-9(17)11-12(10-7-5-4-6-8-10)15-16(2)14(18)13(11)20(3)19/h4-8,11,13H,1-3H3. The number of hydrogen-bond acceptors (Lipinski definition) is 4. The molecule has 0 aromatic heterocycles. The van der Waals surface area contributed by atoms with Crippen LogP contribution in [-0.4, -0.2) is 45.2 Å². The first-order chi connectivity index (χ1) is 9.43. The summed E-state index contributed by atoms with van der Waals surface area (Å²) in [5.74, 6) is -1.34. The smallest absolute Gasteiger partial charge is 0.259 e. The Labute approximate surface area is 120 Å².